The van der Waals surface area contributed by atoms with Crippen LogP contribution in [0.4, 0.5) is 0 Å². The highest BCUT2D eigenvalue weighted by atomic mass is 79.9. The van der Waals surface area contributed by atoms with Crippen LogP contribution in [-0.4, -0.2) is 39.2 Å². The van der Waals surface area contributed by atoms with Crippen molar-refractivity contribution in [2.45, 2.75) is 0 Å². The van der Waals surface area contributed by atoms with E-state index < -0.39 is 0 Å². The molecule has 3 aromatic rings. The van der Waals surface area contributed by atoms with Gasteiger partial charge in [-0.25, -0.2) is 0 Å². The molecule has 0 saturated heterocycles. The fourth-order valence-electron chi connectivity index (χ4n) is 3.55. The molecule has 0 unspecified atom stereocenters. The van der Waals surface area contributed by atoms with Crippen LogP contribution in [-0.2, 0) is 0 Å². The van der Waals surface area contributed by atoms with Crippen molar-refractivity contribution in [1.29, 1.82) is 0 Å². The van der Waals surface area contributed by atoms with E-state index in [1.54, 1.807) is 46.8 Å². The number of ether oxygens (including phenoxy) is 4. The number of carbonyl (C=O) groups excluding carboxylic acids is 1. The first-order chi connectivity index (χ1) is 14.0. The van der Waals surface area contributed by atoms with E-state index >= 15 is 0 Å². The number of Topliss-reactive ketones (excluding diaryl/α,β-unsaturated/α-hetero) is 1. The molecular weight excluding hydrogens is 438 g/mol. The van der Waals surface area contributed by atoms with Crippen molar-refractivity contribution in [2.75, 3.05) is 28.4 Å². The summed E-state index contributed by atoms with van der Waals surface area (Å²) in [5.41, 5.74) is 2.62. The number of nitrogens with zero attached hydrogens (tertiary/aromatic N) is 1. The number of methoxy groups -OCH3 is 4. The van der Waals surface area contributed by atoms with Crippen LogP contribution in [0.15, 0.2) is 41.0 Å². The number of carbonyl (C=O) groups is 1. The standard InChI is InChI=1S/C22H18BrNO5/c1-26-15-7-11-5-6-24-21(12(11)8-16(15)27-2)19-13-9-17(28-3)18(29-4)10-14(13)22(25)20(19)23/h5-10H,1-4H3. The van der Waals surface area contributed by atoms with Gasteiger partial charge in [0.15, 0.2) is 23.0 Å². The van der Waals surface area contributed by atoms with Crippen molar-refractivity contribution < 1.29 is 23.7 Å². The van der Waals surface area contributed by atoms with Gasteiger partial charge >= 0.3 is 0 Å². The van der Waals surface area contributed by atoms with Gasteiger partial charge in [-0.2, -0.15) is 0 Å². The van der Waals surface area contributed by atoms with Gasteiger partial charge in [0.05, 0.1) is 38.6 Å². The molecule has 0 N–H and O–H groups in total. The molecule has 4 rings (SSSR count). The predicted molar refractivity (Wildman–Crippen MR) is 114 cm³/mol. The molecule has 0 amide bonds. The van der Waals surface area contributed by atoms with Gasteiger partial charge in [0.25, 0.3) is 0 Å². The predicted octanol–water partition coefficient (Wildman–Crippen LogP) is 4.62. The highest BCUT2D eigenvalue weighted by molar-refractivity contribution is 9.12. The Kier molecular flexibility index (Phi) is 4.92. The number of hydrogen-bond donors (Lipinski definition) is 0. The maximum atomic E-state index is 12.9. The molecule has 29 heavy (non-hydrogen) atoms. The Labute approximate surface area is 176 Å². The molecule has 0 bridgehead atoms. The lowest BCUT2D eigenvalue weighted by atomic mass is 9.98. The van der Waals surface area contributed by atoms with Crippen molar-refractivity contribution in [3.63, 3.8) is 0 Å². The van der Waals surface area contributed by atoms with Crippen molar-refractivity contribution in [3.05, 3.63) is 57.8 Å². The van der Waals surface area contributed by atoms with Crippen molar-refractivity contribution in [2.24, 2.45) is 0 Å². The summed E-state index contributed by atoms with van der Waals surface area (Å²) in [6, 6.07) is 9.14. The SMILES string of the molecule is COc1cc2c(cc1OC)C(c1nccc3cc(OC)c(OC)cc13)=C(Br)C2=O. The molecular formula is C22H18BrNO5. The van der Waals surface area contributed by atoms with E-state index in [9.17, 15) is 4.79 Å². The number of pyridine rings is 1. The summed E-state index contributed by atoms with van der Waals surface area (Å²) in [7, 11) is 6.28. The third-order valence-corrected chi connectivity index (χ3v) is 5.72. The van der Waals surface area contributed by atoms with Gasteiger partial charge in [0.1, 0.15) is 0 Å². The number of ketones is 1. The highest BCUT2D eigenvalue weighted by Gasteiger charge is 2.32. The van der Waals surface area contributed by atoms with Crippen molar-refractivity contribution in [1.82, 2.24) is 4.98 Å². The average Bonchev–Trinajstić information content (AvgIpc) is 3.00. The molecule has 1 aromatic heterocycles. The molecule has 0 saturated carbocycles. The topological polar surface area (TPSA) is 66.9 Å². The molecule has 0 radical (unpaired) electrons. The van der Waals surface area contributed by atoms with Crippen LogP contribution in [0.1, 0.15) is 21.6 Å². The monoisotopic (exact) mass is 455 g/mol. The lowest BCUT2D eigenvalue weighted by Gasteiger charge is -2.14. The van der Waals surface area contributed by atoms with Gasteiger partial charge in [-0.3, -0.25) is 9.78 Å². The van der Waals surface area contributed by atoms with Crippen LogP contribution < -0.4 is 18.9 Å². The molecule has 6 nitrogen and oxygen atoms in total. The average molecular weight is 456 g/mol. The van der Waals surface area contributed by atoms with Crippen LogP contribution in [0, 0.1) is 0 Å². The molecule has 0 spiro atoms. The number of halogens is 1. The van der Waals surface area contributed by atoms with E-state index in [4.69, 9.17) is 18.9 Å². The third kappa shape index (κ3) is 2.93. The smallest absolute Gasteiger partial charge is 0.201 e. The van der Waals surface area contributed by atoms with E-state index in [1.165, 1.54) is 0 Å². The molecule has 1 heterocycles. The summed E-state index contributed by atoms with van der Waals surface area (Å²) in [5, 5.41) is 1.76. The highest BCUT2D eigenvalue weighted by Crippen LogP contribution is 2.46. The van der Waals surface area contributed by atoms with Crippen molar-refractivity contribution in [3.8, 4) is 23.0 Å². The van der Waals surface area contributed by atoms with E-state index in [-0.39, 0.29) is 5.78 Å². The van der Waals surface area contributed by atoms with Gasteiger partial charge < -0.3 is 18.9 Å². The Morgan fingerprint density at radius 2 is 1.34 bits per heavy atom. The fourth-order valence-corrected chi connectivity index (χ4v) is 4.17. The van der Waals surface area contributed by atoms with Crippen LogP contribution in [0.2, 0.25) is 0 Å². The zero-order valence-electron chi connectivity index (χ0n) is 16.3. The minimum atomic E-state index is -0.129. The summed E-state index contributed by atoms with van der Waals surface area (Å²) >= 11 is 3.48. The largest absolute Gasteiger partial charge is 0.493 e. The number of hydrogen-bond acceptors (Lipinski definition) is 6. The second-order valence-corrected chi connectivity index (χ2v) is 7.15. The number of aromatic nitrogens is 1. The minimum Gasteiger partial charge on any atom is -0.493 e. The van der Waals surface area contributed by atoms with Gasteiger partial charge in [-0.05, 0) is 51.6 Å². The molecule has 148 valence electrons. The van der Waals surface area contributed by atoms with Crippen LogP contribution >= 0.6 is 15.9 Å². The third-order valence-electron chi connectivity index (χ3n) is 4.96. The number of benzene rings is 2. The normalized spacial score (nSPS) is 12.9. The summed E-state index contributed by atoms with van der Waals surface area (Å²) in [4.78, 5) is 17.5. The maximum absolute atomic E-state index is 12.9. The second kappa shape index (κ2) is 7.40. The van der Waals surface area contributed by atoms with E-state index in [0.717, 1.165) is 16.3 Å². The zero-order chi connectivity index (χ0) is 20.7. The molecule has 2 aromatic carbocycles. The summed E-state index contributed by atoms with van der Waals surface area (Å²) < 4.78 is 22.1. The van der Waals surface area contributed by atoms with E-state index in [2.05, 4.69) is 20.9 Å². The van der Waals surface area contributed by atoms with E-state index in [0.29, 0.717) is 44.3 Å². The van der Waals surface area contributed by atoms with Gasteiger partial charge in [0, 0.05) is 28.3 Å². The van der Waals surface area contributed by atoms with Gasteiger partial charge in [0.2, 0.25) is 5.78 Å². The van der Waals surface area contributed by atoms with Crippen molar-refractivity contribution >= 4 is 38.1 Å². The van der Waals surface area contributed by atoms with Gasteiger partial charge in [-0.1, -0.05) is 0 Å². The Morgan fingerprint density at radius 1 is 0.793 bits per heavy atom. The summed E-state index contributed by atoms with van der Waals surface area (Å²) in [6.45, 7) is 0. The number of fused-ring (bicyclic) bond motifs is 2. The minimum absolute atomic E-state index is 0.129. The summed E-state index contributed by atoms with van der Waals surface area (Å²) in [6.07, 6.45) is 1.71. The lowest BCUT2D eigenvalue weighted by Crippen LogP contribution is -1.98. The Bertz CT molecular complexity index is 1190. The molecule has 1 aliphatic rings. The number of rotatable bonds is 5. The molecule has 7 heteroatoms. The Hall–Kier alpha value is -3.06. The summed E-state index contributed by atoms with van der Waals surface area (Å²) in [5.74, 6) is 2.12. The van der Waals surface area contributed by atoms with Crippen LogP contribution in [0.3, 0.4) is 0 Å². The molecule has 0 fully saturated rings. The maximum Gasteiger partial charge on any atom is 0.201 e. The first-order valence-electron chi connectivity index (χ1n) is 8.76. The van der Waals surface area contributed by atoms with Gasteiger partial charge in [-0.15, -0.1) is 0 Å². The molecule has 1 aliphatic carbocycles. The fraction of sp³-hybridized carbons (Fsp3) is 0.182. The van der Waals surface area contributed by atoms with E-state index in [1.807, 2.05) is 18.2 Å². The first-order valence-corrected chi connectivity index (χ1v) is 9.55. The molecule has 0 atom stereocenters. The van der Waals surface area contributed by atoms with Crippen LogP contribution in [0.25, 0.3) is 16.3 Å². The Balaban J connectivity index is 2.01. The quantitative estimate of drug-likeness (QED) is 0.558. The first kappa shape index (κ1) is 19.3. The second-order valence-electron chi connectivity index (χ2n) is 6.36. The lowest BCUT2D eigenvalue weighted by molar-refractivity contribution is 0.104. The zero-order valence-corrected chi connectivity index (χ0v) is 17.9. The van der Waals surface area contributed by atoms with Crippen LogP contribution in [0.5, 0.6) is 23.0 Å². The molecule has 0 aliphatic heterocycles. The number of allylic oxidation sites excluding steroid dienone is 1. The Morgan fingerprint density at radius 3 is 1.97 bits per heavy atom.